The molecule has 0 radical (unpaired) electrons. The number of nitrogens with zero attached hydrogens (tertiary/aromatic N) is 5. The lowest BCUT2D eigenvalue weighted by atomic mass is 10.1. The fourth-order valence-electron chi connectivity index (χ4n) is 5.59. The van der Waals surface area contributed by atoms with Gasteiger partial charge in [0.05, 0.1) is 5.69 Å². The highest BCUT2D eigenvalue weighted by molar-refractivity contribution is 5.96. The first-order valence-corrected chi connectivity index (χ1v) is 15.2. The van der Waals surface area contributed by atoms with E-state index in [2.05, 4.69) is 15.7 Å². The molecule has 2 aliphatic heterocycles. The van der Waals surface area contributed by atoms with E-state index in [1.54, 1.807) is 37.3 Å². The summed E-state index contributed by atoms with van der Waals surface area (Å²) in [5.74, 6) is -3.47. The maximum atomic E-state index is 13.5. The quantitative estimate of drug-likeness (QED) is 0.234. The average molecular weight is 660 g/mol. The number of hydrogen-bond acceptors (Lipinski definition) is 8. The Labute approximate surface area is 269 Å². The Bertz CT molecular complexity index is 1470. The smallest absolute Gasteiger partial charge is 0.407 e. The molecule has 0 bridgehead atoms. The number of piperazine rings is 1. The number of likely N-dealkylation sites (tertiary alicyclic amines) is 1. The summed E-state index contributed by atoms with van der Waals surface area (Å²) in [7, 11) is 0. The van der Waals surface area contributed by atoms with Gasteiger partial charge in [0.1, 0.15) is 18.8 Å². The van der Waals surface area contributed by atoms with E-state index in [-0.39, 0.29) is 44.2 Å². The number of nitrogens with one attached hydrogen (secondary N) is 2. The number of hydrogen-bond donors (Lipinski definition) is 4. The van der Waals surface area contributed by atoms with Crippen LogP contribution in [0.5, 0.6) is 5.88 Å². The van der Waals surface area contributed by atoms with Gasteiger partial charge in [-0.05, 0) is 38.3 Å². The van der Waals surface area contributed by atoms with Crippen LogP contribution in [0.2, 0.25) is 0 Å². The summed E-state index contributed by atoms with van der Waals surface area (Å²) in [6, 6.07) is 7.34. The van der Waals surface area contributed by atoms with Crippen molar-refractivity contribution in [2.75, 3.05) is 46.0 Å². The number of rotatable bonds is 13. The Morgan fingerprint density at radius 2 is 1.81 bits per heavy atom. The molecule has 5 amide bonds. The van der Waals surface area contributed by atoms with E-state index in [9.17, 15) is 43.4 Å². The van der Waals surface area contributed by atoms with E-state index < -0.39 is 73.5 Å². The van der Waals surface area contributed by atoms with Gasteiger partial charge in [0.25, 0.3) is 11.8 Å². The molecule has 0 spiro atoms. The molecular formula is C30H38FN7O9. The van der Waals surface area contributed by atoms with Crippen LogP contribution in [0, 0.1) is 0 Å². The Balaban J connectivity index is 1.51. The molecule has 2 fully saturated rings. The van der Waals surface area contributed by atoms with Gasteiger partial charge in [-0.3, -0.25) is 24.0 Å². The Morgan fingerprint density at radius 3 is 2.47 bits per heavy atom. The molecule has 254 valence electrons. The number of para-hydroxylation sites is 1. The highest BCUT2D eigenvalue weighted by Crippen LogP contribution is 2.22. The monoisotopic (exact) mass is 659 g/mol. The van der Waals surface area contributed by atoms with Crippen molar-refractivity contribution in [3.63, 3.8) is 0 Å². The second-order valence-corrected chi connectivity index (χ2v) is 11.2. The van der Waals surface area contributed by atoms with Crippen molar-refractivity contribution >= 4 is 35.7 Å². The first-order chi connectivity index (χ1) is 22.5. The molecule has 2 aliphatic rings. The summed E-state index contributed by atoms with van der Waals surface area (Å²) >= 11 is 0. The zero-order valence-electron chi connectivity index (χ0n) is 25.8. The standard InChI is InChI=1S/C30H38FN7O9/c1-19-17-35(30(45)46)14-15-36(19)29(44)21(9-10-26(40)41)33-27(42)22-16-25(38(34-22)20-6-3-2-4-7-20)47-18-24(39)37-13-5-8-23(37)28(43)32-12-11-31/h2-4,6-7,16,19,21,23H,5,8-15,17-18H2,1H3,(H,32,43)(H,33,42)(H,40,41)(H,45,46)/t19-,21-,23-/m0/s1. The molecule has 2 saturated heterocycles. The number of halogens is 1. The summed E-state index contributed by atoms with van der Waals surface area (Å²) in [4.78, 5) is 79.2. The van der Waals surface area contributed by atoms with E-state index in [0.29, 0.717) is 25.1 Å². The number of ether oxygens (including phenoxy) is 1. The highest BCUT2D eigenvalue weighted by Gasteiger charge is 2.36. The normalized spacial score (nSPS) is 18.4. The van der Waals surface area contributed by atoms with Gasteiger partial charge in [-0.1, -0.05) is 18.2 Å². The number of aromatic nitrogens is 2. The number of carboxylic acid groups (broad SMARTS) is 2. The molecule has 3 atom stereocenters. The molecule has 1 aromatic carbocycles. The van der Waals surface area contributed by atoms with Crippen LogP contribution in [0.1, 0.15) is 43.1 Å². The Morgan fingerprint density at radius 1 is 1.06 bits per heavy atom. The molecule has 47 heavy (non-hydrogen) atoms. The lowest BCUT2D eigenvalue weighted by molar-refractivity contribution is -0.140. The molecule has 16 nitrogen and oxygen atoms in total. The third-order valence-corrected chi connectivity index (χ3v) is 7.95. The van der Waals surface area contributed by atoms with E-state index in [0.717, 1.165) is 0 Å². The second kappa shape index (κ2) is 15.9. The predicted octanol–water partition coefficient (Wildman–Crippen LogP) is 0.502. The maximum absolute atomic E-state index is 13.5. The number of carboxylic acids is 1. The zero-order chi connectivity index (χ0) is 34.1. The number of alkyl halides is 1. The second-order valence-electron chi connectivity index (χ2n) is 11.2. The molecule has 4 N–H and O–H groups in total. The van der Waals surface area contributed by atoms with Crippen molar-refractivity contribution in [1.29, 1.82) is 0 Å². The minimum atomic E-state index is -1.25. The Kier molecular flexibility index (Phi) is 11.7. The summed E-state index contributed by atoms with van der Waals surface area (Å²) in [6.07, 6.45) is -0.752. The third-order valence-electron chi connectivity index (χ3n) is 7.95. The van der Waals surface area contributed by atoms with Crippen LogP contribution in [0.25, 0.3) is 5.69 Å². The molecule has 3 heterocycles. The number of carbonyl (C=O) groups excluding carboxylic acids is 4. The number of aliphatic carboxylic acids is 1. The van der Waals surface area contributed by atoms with Gasteiger partial charge in [0.15, 0.2) is 12.3 Å². The summed E-state index contributed by atoms with van der Waals surface area (Å²) in [5.41, 5.74) is 0.306. The molecule has 0 saturated carbocycles. The van der Waals surface area contributed by atoms with E-state index in [1.807, 2.05) is 0 Å². The van der Waals surface area contributed by atoms with E-state index in [1.165, 1.54) is 25.4 Å². The lowest BCUT2D eigenvalue weighted by Gasteiger charge is -2.40. The summed E-state index contributed by atoms with van der Waals surface area (Å²) in [5, 5.41) is 28.0. The molecule has 17 heteroatoms. The SMILES string of the molecule is C[C@H]1CN(C(=O)O)CCN1C(=O)[C@H](CCC(=O)O)NC(=O)c1cc(OCC(=O)N2CCC[C@H]2C(=O)NCCF)n(-c2ccccc2)n1. The molecule has 0 aliphatic carbocycles. The molecule has 4 rings (SSSR count). The van der Waals surface area contributed by atoms with Crippen LogP contribution < -0.4 is 15.4 Å². The largest absolute Gasteiger partial charge is 0.481 e. The summed E-state index contributed by atoms with van der Waals surface area (Å²) in [6.45, 7) is 0.786. The van der Waals surface area contributed by atoms with Gasteiger partial charge in [-0.2, -0.15) is 5.10 Å². The summed E-state index contributed by atoms with van der Waals surface area (Å²) < 4.78 is 19.6. The minimum absolute atomic E-state index is 0.0131. The first-order valence-electron chi connectivity index (χ1n) is 15.2. The van der Waals surface area contributed by atoms with Crippen molar-refractivity contribution in [3.8, 4) is 11.6 Å². The van der Waals surface area contributed by atoms with Crippen molar-refractivity contribution in [3.05, 3.63) is 42.1 Å². The van der Waals surface area contributed by atoms with Crippen LogP contribution >= 0.6 is 0 Å². The van der Waals surface area contributed by atoms with Crippen LogP contribution in [0.15, 0.2) is 36.4 Å². The lowest BCUT2D eigenvalue weighted by Crippen LogP contribution is -2.59. The third kappa shape index (κ3) is 8.74. The van der Waals surface area contributed by atoms with E-state index >= 15 is 0 Å². The van der Waals surface area contributed by atoms with Gasteiger partial charge < -0.3 is 40.3 Å². The van der Waals surface area contributed by atoms with Crippen LogP contribution in [0.4, 0.5) is 9.18 Å². The predicted molar refractivity (Wildman–Crippen MR) is 162 cm³/mol. The maximum Gasteiger partial charge on any atom is 0.407 e. The van der Waals surface area contributed by atoms with Gasteiger partial charge in [0.2, 0.25) is 17.7 Å². The van der Waals surface area contributed by atoms with Crippen molar-refractivity contribution in [2.24, 2.45) is 0 Å². The fraction of sp³-hybridized carbons (Fsp3) is 0.500. The fourth-order valence-corrected chi connectivity index (χ4v) is 5.59. The van der Waals surface area contributed by atoms with Crippen molar-refractivity contribution in [1.82, 2.24) is 35.1 Å². The van der Waals surface area contributed by atoms with Gasteiger partial charge >= 0.3 is 12.1 Å². The number of benzene rings is 1. The average Bonchev–Trinajstić information content (AvgIpc) is 3.72. The highest BCUT2D eigenvalue weighted by atomic mass is 19.1. The molecule has 1 aromatic heterocycles. The minimum Gasteiger partial charge on any atom is -0.481 e. The Hall–Kier alpha value is -5.22. The van der Waals surface area contributed by atoms with Crippen LogP contribution in [-0.4, -0.2) is 135 Å². The zero-order valence-corrected chi connectivity index (χ0v) is 25.8. The van der Waals surface area contributed by atoms with Gasteiger partial charge in [-0.25, -0.2) is 13.9 Å². The van der Waals surface area contributed by atoms with Crippen LogP contribution in [0.3, 0.4) is 0 Å². The molecule has 0 unspecified atom stereocenters. The molecule has 2 aromatic rings. The number of carbonyl (C=O) groups is 6. The number of amides is 5. The van der Waals surface area contributed by atoms with Gasteiger partial charge in [0, 0.05) is 51.3 Å². The van der Waals surface area contributed by atoms with Crippen LogP contribution in [-0.2, 0) is 19.2 Å². The first kappa shape index (κ1) is 34.6. The topological polar surface area (TPSA) is 204 Å². The van der Waals surface area contributed by atoms with Crippen molar-refractivity contribution < 1.29 is 48.1 Å². The molecular weight excluding hydrogens is 621 g/mol. The van der Waals surface area contributed by atoms with Gasteiger partial charge in [-0.15, -0.1) is 0 Å². The van der Waals surface area contributed by atoms with Crippen molar-refractivity contribution in [2.45, 2.75) is 50.7 Å². The van der Waals surface area contributed by atoms with E-state index in [4.69, 9.17) is 4.74 Å².